The Morgan fingerprint density at radius 1 is 1.29 bits per heavy atom. The number of aromatic nitrogens is 1. The molecular formula is C21H22FN3O4S2. The van der Waals surface area contributed by atoms with Crippen molar-refractivity contribution in [2.75, 3.05) is 25.0 Å². The number of thiazole rings is 1. The smallest absolute Gasteiger partial charge is 0.243 e. The summed E-state index contributed by atoms with van der Waals surface area (Å²) in [6.45, 7) is 2.80. The Morgan fingerprint density at radius 2 is 2.06 bits per heavy atom. The van der Waals surface area contributed by atoms with Crippen molar-refractivity contribution in [1.82, 2.24) is 9.29 Å². The Morgan fingerprint density at radius 3 is 2.81 bits per heavy atom. The number of sulfonamides is 1. The van der Waals surface area contributed by atoms with Crippen molar-refractivity contribution < 1.29 is 22.3 Å². The molecule has 0 bridgehead atoms. The molecule has 1 aliphatic heterocycles. The van der Waals surface area contributed by atoms with E-state index in [2.05, 4.69) is 10.3 Å². The Hall–Kier alpha value is -2.56. The molecule has 1 saturated heterocycles. The Labute approximate surface area is 183 Å². The van der Waals surface area contributed by atoms with Crippen LogP contribution in [-0.2, 0) is 14.8 Å². The van der Waals surface area contributed by atoms with E-state index in [0.29, 0.717) is 42.4 Å². The molecule has 2 heterocycles. The van der Waals surface area contributed by atoms with Crippen molar-refractivity contribution in [2.45, 2.75) is 24.7 Å². The summed E-state index contributed by atoms with van der Waals surface area (Å²) in [7, 11) is -3.79. The number of hydrogen-bond donors (Lipinski definition) is 1. The first-order valence-electron chi connectivity index (χ1n) is 9.97. The van der Waals surface area contributed by atoms with Gasteiger partial charge in [-0.2, -0.15) is 4.31 Å². The van der Waals surface area contributed by atoms with Gasteiger partial charge in [-0.05, 0) is 56.2 Å². The molecule has 3 aromatic rings. The number of carbonyl (C=O) groups is 1. The Bertz CT molecular complexity index is 1200. The van der Waals surface area contributed by atoms with Crippen LogP contribution in [0.15, 0.2) is 47.4 Å². The number of nitrogens with one attached hydrogen (secondary N) is 1. The molecule has 0 radical (unpaired) electrons. The van der Waals surface area contributed by atoms with Crippen LogP contribution in [0.2, 0.25) is 0 Å². The van der Waals surface area contributed by atoms with Crippen LogP contribution in [0.1, 0.15) is 19.8 Å². The molecule has 0 spiro atoms. The number of para-hydroxylation sites is 1. The second-order valence-corrected chi connectivity index (χ2v) is 10.2. The maximum atomic E-state index is 13.2. The van der Waals surface area contributed by atoms with E-state index >= 15 is 0 Å². The van der Waals surface area contributed by atoms with E-state index < -0.39 is 21.8 Å². The predicted molar refractivity (Wildman–Crippen MR) is 117 cm³/mol. The van der Waals surface area contributed by atoms with Gasteiger partial charge in [-0.15, -0.1) is 0 Å². The van der Waals surface area contributed by atoms with Crippen LogP contribution < -0.4 is 10.1 Å². The van der Waals surface area contributed by atoms with Gasteiger partial charge in [0.2, 0.25) is 15.9 Å². The maximum absolute atomic E-state index is 13.2. The zero-order valence-corrected chi connectivity index (χ0v) is 18.5. The number of benzene rings is 2. The molecule has 1 fully saturated rings. The third kappa shape index (κ3) is 4.56. The van der Waals surface area contributed by atoms with Crippen LogP contribution in [0.5, 0.6) is 5.75 Å². The molecular weight excluding hydrogens is 441 g/mol. The lowest BCUT2D eigenvalue weighted by Crippen LogP contribution is -2.43. The van der Waals surface area contributed by atoms with Crippen molar-refractivity contribution in [2.24, 2.45) is 5.92 Å². The summed E-state index contributed by atoms with van der Waals surface area (Å²) in [4.78, 5) is 17.4. The fourth-order valence-electron chi connectivity index (χ4n) is 3.59. The maximum Gasteiger partial charge on any atom is 0.243 e. The number of anilines is 1. The van der Waals surface area contributed by atoms with Crippen LogP contribution in [0.25, 0.3) is 10.2 Å². The van der Waals surface area contributed by atoms with Crippen LogP contribution in [0.4, 0.5) is 9.52 Å². The molecule has 4 rings (SSSR count). The molecule has 31 heavy (non-hydrogen) atoms. The topological polar surface area (TPSA) is 88.6 Å². The van der Waals surface area contributed by atoms with E-state index in [-0.39, 0.29) is 17.3 Å². The fraction of sp³-hybridized carbons (Fsp3) is 0.333. The largest absolute Gasteiger partial charge is 0.492 e. The number of carbonyl (C=O) groups excluding carboxylic acids is 1. The molecule has 1 aliphatic rings. The molecule has 7 nitrogen and oxygen atoms in total. The first-order chi connectivity index (χ1) is 14.9. The lowest BCUT2D eigenvalue weighted by molar-refractivity contribution is -0.120. The average molecular weight is 464 g/mol. The van der Waals surface area contributed by atoms with Crippen molar-refractivity contribution in [1.29, 1.82) is 0 Å². The average Bonchev–Trinajstić information content (AvgIpc) is 3.18. The monoisotopic (exact) mass is 463 g/mol. The fourth-order valence-corrected chi connectivity index (χ4v) is 6.00. The molecule has 1 atom stereocenters. The first-order valence-corrected chi connectivity index (χ1v) is 12.2. The Balaban J connectivity index is 1.48. The number of halogens is 1. The lowest BCUT2D eigenvalue weighted by Gasteiger charge is -2.31. The van der Waals surface area contributed by atoms with Gasteiger partial charge in [0.05, 0.1) is 22.1 Å². The van der Waals surface area contributed by atoms with E-state index in [1.165, 1.54) is 27.8 Å². The number of piperidine rings is 1. The minimum absolute atomic E-state index is 0.0181. The highest BCUT2D eigenvalue weighted by molar-refractivity contribution is 7.89. The standard InChI is InChI=1S/C21H22FN3O4S2/c1-2-29-17-6-3-7-18-19(17)23-21(30-18)24-20(26)14-5-4-12-25(13-14)31(27,28)16-10-8-15(22)9-11-16/h3,6-11,14H,2,4-5,12-13H2,1H3,(H,23,24,26). The summed E-state index contributed by atoms with van der Waals surface area (Å²) in [5.41, 5.74) is 0.689. The molecule has 1 unspecified atom stereocenters. The van der Waals surface area contributed by atoms with Crippen LogP contribution in [0.3, 0.4) is 0 Å². The summed E-state index contributed by atoms with van der Waals surface area (Å²) in [5, 5.41) is 3.28. The molecule has 10 heteroatoms. The van der Waals surface area contributed by atoms with E-state index in [9.17, 15) is 17.6 Å². The molecule has 1 aromatic heterocycles. The van der Waals surface area contributed by atoms with Gasteiger partial charge in [0.25, 0.3) is 0 Å². The second-order valence-electron chi connectivity index (χ2n) is 7.20. The highest BCUT2D eigenvalue weighted by atomic mass is 32.2. The van der Waals surface area contributed by atoms with Crippen molar-refractivity contribution in [3.05, 3.63) is 48.3 Å². The quantitative estimate of drug-likeness (QED) is 0.600. The van der Waals surface area contributed by atoms with Crippen LogP contribution in [-0.4, -0.2) is 43.3 Å². The summed E-state index contributed by atoms with van der Waals surface area (Å²) in [6, 6.07) is 10.3. The van der Waals surface area contributed by atoms with Crippen LogP contribution in [0, 0.1) is 11.7 Å². The molecule has 1 amide bonds. The molecule has 1 N–H and O–H groups in total. The van der Waals surface area contributed by atoms with E-state index in [0.717, 1.165) is 16.8 Å². The number of ether oxygens (including phenoxy) is 1. The summed E-state index contributed by atoms with van der Waals surface area (Å²) in [5.74, 6) is -0.609. The van der Waals surface area contributed by atoms with Gasteiger partial charge in [-0.25, -0.2) is 17.8 Å². The zero-order valence-electron chi connectivity index (χ0n) is 16.9. The zero-order chi connectivity index (χ0) is 22.0. The van der Waals surface area contributed by atoms with Crippen molar-refractivity contribution >= 4 is 42.6 Å². The summed E-state index contributed by atoms with van der Waals surface area (Å²) in [6.07, 6.45) is 1.14. The molecule has 0 aliphatic carbocycles. The summed E-state index contributed by atoms with van der Waals surface area (Å²) < 4.78 is 46.7. The highest BCUT2D eigenvalue weighted by Gasteiger charge is 2.33. The second kappa shape index (κ2) is 8.89. The SMILES string of the molecule is CCOc1cccc2sc(NC(=O)C3CCCN(S(=O)(=O)c4ccc(F)cc4)C3)nc12. The minimum Gasteiger partial charge on any atom is -0.492 e. The Kier molecular flexibility index (Phi) is 6.22. The molecule has 164 valence electrons. The van der Waals surface area contributed by atoms with Crippen molar-refractivity contribution in [3.8, 4) is 5.75 Å². The van der Waals surface area contributed by atoms with Gasteiger partial charge in [0.15, 0.2) is 5.13 Å². The van der Waals surface area contributed by atoms with Gasteiger partial charge < -0.3 is 10.1 Å². The van der Waals surface area contributed by atoms with E-state index in [1.807, 2.05) is 25.1 Å². The van der Waals surface area contributed by atoms with E-state index in [1.54, 1.807) is 0 Å². The van der Waals surface area contributed by atoms with Gasteiger partial charge >= 0.3 is 0 Å². The first kappa shape index (κ1) is 21.7. The highest BCUT2D eigenvalue weighted by Crippen LogP contribution is 2.33. The van der Waals surface area contributed by atoms with Gasteiger partial charge in [0, 0.05) is 13.1 Å². The van der Waals surface area contributed by atoms with Gasteiger partial charge in [-0.1, -0.05) is 17.4 Å². The third-order valence-corrected chi connectivity index (χ3v) is 7.93. The molecule has 2 aromatic carbocycles. The van der Waals surface area contributed by atoms with Crippen LogP contribution >= 0.6 is 11.3 Å². The summed E-state index contributed by atoms with van der Waals surface area (Å²) >= 11 is 1.34. The normalized spacial score (nSPS) is 17.5. The molecule has 0 saturated carbocycles. The number of amides is 1. The minimum atomic E-state index is -3.79. The van der Waals surface area contributed by atoms with Gasteiger partial charge in [0.1, 0.15) is 17.1 Å². The van der Waals surface area contributed by atoms with Crippen molar-refractivity contribution in [3.63, 3.8) is 0 Å². The number of nitrogens with zero attached hydrogens (tertiary/aromatic N) is 2. The predicted octanol–water partition coefficient (Wildman–Crippen LogP) is 3.87. The van der Waals surface area contributed by atoms with E-state index in [4.69, 9.17) is 4.74 Å². The lowest BCUT2D eigenvalue weighted by atomic mass is 9.99. The number of fused-ring (bicyclic) bond motifs is 1. The number of hydrogen-bond acceptors (Lipinski definition) is 6. The third-order valence-electron chi connectivity index (χ3n) is 5.12. The number of rotatable bonds is 6. The van der Waals surface area contributed by atoms with Gasteiger partial charge in [-0.3, -0.25) is 4.79 Å².